The van der Waals surface area contributed by atoms with Gasteiger partial charge in [-0.25, -0.2) is 4.98 Å². The van der Waals surface area contributed by atoms with Gasteiger partial charge in [0.25, 0.3) is 0 Å². The Bertz CT molecular complexity index is 1050. The number of nitrogens with zero attached hydrogens (tertiary/aromatic N) is 3. The summed E-state index contributed by atoms with van der Waals surface area (Å²) in [4.78, 5) is 18.8. The molecule has 0 aliphatic carbocycles. The zero-order valence-electron chi connectivity index (χ0n) is 17.0. The number of rotatable bonds is 5. The fraction of sp³-hybridized carbons (Fsp3) is 0.348. The summed E-state index contributed by atoms with van der Waals surface area (Å²) in [6.07, 6.45) is 1.76. The SMILES string of the molecule is CC(=O)N[C@H]1C[C@@H](c2nc(-c3ccccc3)n[nH]2)N(Cc2ccc3c(c2)CCO3)C1. The molecular formula is C23H25N5O2. The molecule has 2 N–H and O–H groups in total. The Morgan fingerprint density at radius 1 is 1.27 bits per heavy atom. The molecule has 30 heavy (non-hydrogen) atoms. The standard InChI is InChI=1S/C23H25N5O2/c1-15(29)24-19-12-20(23-25-22(26-27-23)17-5-3-2-4-6-17)28(14-19)13-16-7-8-21-18(11-16)9-10-30-21/h2-8,11,19-20H,9-10,12-14H2,1H3,(H,24,29)(H,25,26,27)/t19-,20-/m0/s1. The summed E-state index contributed by atoms with van der Waals surface area (Å²) < 4.78 is 5.64. The van der Waals surface area contributed by atoms with Crippen molar-refractivity contribution in [3.8, 4) is 17.1 Å². The molecule has 2 aromatic carbocycles. The van der Waals surface area contributed by atoms with E-state index in [1.807, 2.05) is 30.3 Å². The summed E-state index contributed by atoms with van der Waals surface area (Å²) in [5, 5.41) is 10.7. The highest BCUT2D eigenvalue weighted by atomic mass is 16.5. The van der Waals surface area contributed by atoms with E-state index in [-0.39, 0.29) is 18.0 Å². The van der Waals surface area contributed by atoms with Crippen LogP contribution in [0.1, 0.15) is 36.3 Å². The van der Waals surface area contributed by atoms with Crippen LogP contribution in [0, 0.1) is 0 Å². The number of hydrogen-bond acceptors (Lipinski definition) is 5. The molecule has 1 amide bonds. The van der Waals surface area contributed by atoms with Gasteiger partial charge in [-0.1, -0.05) is 42.5 Å². The van der Waals surface area contributed by atoms with E-state index in [9.17, 15) is 4.79 Å². The summed E-state index contributed by atoms with van der Waals surface area (Å²) in [5.74, 6) is 2.53. The molecule has 3 heterocycles. The second-order valence-electron chi connectivity index (χ2n) is 8.03. The van der Waals surface area contributed by atoms with E-state index in [2.05, 4.69) is 38.6 Å². The minimum atomic E-state index is -0.00201. The van der Waals surface area contributed by atoms with Crippen molar-refractivity contribution >= 4 is 5.91 Å². The smallest absolute Gasteiger partial charge is 0.217 e. The quantitative estimate of drug-likeness (QED) is 0.685. The van der Waals surface area contributed by atoms with Gasteiger partial charge in [0.15, 0.2) is 5.82 Å². The summed E-state index contributed by atoms with van der Waals surface area (Å²) in [7, 11) is 0. The lowest BCUT2D eigenvalue weighted by Crippen LogP contribution is -2.35. The summed E-state index contributed by atoms with van der Waals surface area (Å²) in [6.45, 7) is 3.89. The Labute approximate surface area is 175 Å². The molecule has 0 bridgehead atoms. The van der Waals surface area contributed by atoms with Crippen molar-refractivity contribution in [2.24, 2.45) is 0 Å². The third-order valence-corrected chi connectivity index (χ3v) is 5.80. The Hall–Kier alpha value is -3.19. The minimum Gasteiger partial charge on any atom is -0.493 e. The Balaban J connectivity index is 1.39. The van der Waals surface area contributed by atoms with Crippen LogP contribution in [-0.4, -0.2) is 45.2 Å². The molecule has 0 radical (unpaired) electrons. The van der Waals surface area contributed by atoms with Crippen LogP contribution >= 0.6 is 0 Å². The largest absolute Gasteiger partial charge is 0.493 e. The fourth-order valence-electron chi connectivity index (χ4n) is 4.47. The maximum atomic E-state index is 11.6. The van der Waals surface area contributed by atoms with Gasteiger partial charge < -0.3 is 10.1 Å². The van der Waals surface area contributed by atoms with Gasteiger partial charge in [0.05, 0.1) is 12.6 Å². The van der Waals surface area contributed by atoms with Crippen molar-refractivity contribution in [3.63, 3.8) is 0 Å². The van der Waals surface area contributed by atoms with Crippen LogP contribution < -0.4 is 10.1 Å². The third kappa shape index (κ3) is 3.80. The van der Waals surface area contributed by atoms with Crippen LogP contribution in [-0.2, 0) is 17.8 Å². The molecule has 1 fully saturated rings. The Morgan fingerprint density at radius 2 is 2.13 bits per heavy atom. The first-order valence-corrected chi connectivity index (χ1v) is 10.4. The van der Waals surface area contributed by atoms with E-state index in [4.69, 9.17) is 9.72 Å². The predicted octanol–water partition coefficient (Wildman–Crippen LogP) is 2.86. The van der Waals surface area contributed by atoms with E-state index >= 15 is 0 Å². The number of H-pyrrole nitrogens is 1. The van der Waals surface area contributed by atoms with E-state index in [0.717, 1.165) is 49.7 Å². The van der Waals surface area contributed by atoms with Crippen molar-refractivity contribution in [3.05, 3.63) is 65.5 Å². The Kier molecular flexibility index (Phi) is 4.96. The number of hydrogen-bond donors (Lipinski definition) is 2. The molecule has 2 atom stereocenters. The number of benzene rings is 2. The zero-order chi connectivity index (χ0) is 20.5. The number of amides is 1. The maximum Gasteiger partial charge on any atom is 0.217 e. The number of carbonyl (C=O) groups is 1. The van der Waals surface area contributed by atoms with E-state index in [0.29, 0.717) is 5.82 Å². The summed E-state index contributed by atoms with van der Waals surface area (Å²) >= 11 is 0. The highest BCUT2D eigenvalue weighted by molar-refractivity contribution is 5.73. The number of nitrogens with one attached hydrogen (secondary N) is 2. The van der Waals surface area contributed by atoms with Crippen LogP contribution in [0.3, 0.4) is 0 Å². The fourth-order valence-corrected chi connectivity index (χ4v) is 4.47. The first-order chi connectivity index (χ1) is 14.7. The second kappa shape index (κ2) is 7.91. The van der Waals surface area contributed by atoms with Crippen molar-refractivity contribution in [2.75, 3.05) is 13.2 Å². The van der Waals surface area contributed by atoms with Crippen molar-refractivity contribution in [1.82, 2.24) is 25.4 Å². The normalized spacial score (nSPS) is 20.7. The molecule has 0 unspecified atom stereocenters. The summed E-state index contributed by atoms with van der Waals surface area (Å²) in [6, 6.07) is 16.6. The summed E-state index contributed by atoms with van der Waals surface area (Å²) in [5.41, 5.74) is 3.50. The van der Waals surface area contributed by atoms with Gasteiger partial charge in [0.2, 0.25) is 5.91 Å². The lowest BCUT2D eigenvalue weighted by atomic mass is 10.1. The van der Waals surface area contributed by atoms with Crippen LogP contribution in [0.15, 0.2) is 48.5 Å². The Morgan fingerprint density at radius 3 is 2.97 bits per heavy atom. The average molecular weight is 403 g/mol. The number of aromatic amines is 1. The maximum absolute atomic E-state index is 11.6. The molecule has 154 valence electrons. The van der Waals surface area contributed by atoms with Gasteiger partial charge in [0.1, 0.15) is 11.6 Å². The molecular weight excluding hydrogens is 378 g/mol. The molecule has 0 saturated carbocycles. The lowest BCUT2D eigenvalue weighted by molar-refractivity contribution is -0.119. The first kappa shape index (κ1) is 18.8. The second-order valence-corrected chi connectivity index (χ2v) is 8.03. The molecule has 7 nitrogen and oxygen atoms in total. The molecule has 2 aliphatic rings. The molecule has 2 aliphatic heterocycles. The van der Waals surface area contributed by atoms with Crippen LogP contribution in [0.4, 0.5) is 0 Å². The lowest BCUT2D eigenvalue weighted by Gasteiger charge is -2.22. The number of fused-ring (bicyclic) bond motifs is 1. The van der Waals surface area contributed by atoms with E-state index < -0.39 is 0 Å². The molecule has 5 rings (SSSR count). The first-order valence-electron chi connectivity index (χ1n) is 10.4. The number of likely N-dealkylation sites (tertiary alicyclic amines) is 1. The minimum absolute atomic E-state index is 0.00201. The molecule has 3 aromatic rings. The van der Waals surface area contributed by atoms with Gasteiger partial charge in [-0.05, 0) is 23.6 Å². The molecule has 7 heteroatoms. The van der Waals surface area contributed by atoms with Gasteiger partial charge in [-0.2, -0.15) is 5.10 Å². The monoisotopic (exact) mass is 403 g/mol. The molecule has 0 spiro atoms. The van der Waals surface area contributed by atoms with Crippen molar-refractivity contribution in [1.29, 1.82) is 0 Å². The average Bonchev–Trinajstić information content (AvgIpc) is 3.47. The van der Waals surface area contributed by atoms with Gasteiger partial charge in [-0.3, -0.25) is 14.8 Å². The number of aromatic nitrogens is 3. The van der Waals surface area contributed by atoms with Crippen molar-refractivity contribution < 1.29 is 9.53 Å². The van der Waals surface area contributed by atoms with Crippen LogP contribution in [0.5, 0.6) is 5.75 Å². The highest BCUT2D eigenvalue weighted by Crippen LogP contribution is 2.34. The van der Waals surface area contributed by atoms with Gasteiger partial charge >= 0.3 is 0 Å². The van der Waals surface area contributed by atoms with Crippen LogP contribution in [0.2, 0.25) is 0 Å². The topological polar surface area (TPSA) is 83.1 Å². The number of carbonyl (C=O) groups excluding carboxylic acids is 1. The van der Waals surface area contributed by atoms with E-state index in [1.165, 1.54) is 11.1 Å². The van der Waals surface area contributed by atoms with Crippen molar-refractivity contribution in [2.45, 2.75) is 38.4 Å². The van der Waals surface area contributed by atoms with Crippen LogP contribution in [0.25, 0.3) is 11.4 Å². The van der Waals surface area contributed by atoms with E-state index in [1.54, 1.807) is 6.92 Å². The molecule has 1 aromatic heterocycles. The number of ether oxygens (including phenoxy) is 1. The van der Waals surface area contributed by atoms with Gasteiger partial charge in [-0.15, -0.1) is 0 Å². The molecule has 1 saturated heterocycles. The predicted molar refractivity (Wildman–Crippen MR) is 113 cm³/mol. The highest BCUT2D eigenvalue weighted by Gasteiger charge is 2.35. The van der Waals surface area contributed by atoms with Gasteiger partial charge in [0, 0.05) is 38.0 Å². The third-order valence-electron chi connectivity index (χ3n) is 5.80. The zero-order valence-corrected chi connectivity index (χ0v) is 17.0.